The van der Waals surface area contributed by atoms with E-state index >= 15 is 0 Å². The second-order valence-corrected chi connectivity index (χ2v) is 3.63. The Labute approximate surface area is 87.3 Å². The van der Waals surface area contributed by atoms with Gasteiger partial charge in [-0.3, -0.25) is 4.90 Å². The van der Waals surface area contributed by atoms with E-state index < -0.39 is 5.97 Å². The van der Waals surface area contributed by atoms with Crippen LogP contribution in [0, 0.1) is 0 Å². The number of hydrogen-bond acceptors (Lipinski definition) is 5. The van der Waals surface area contributed by atoms with Gasteiger partial charge in [-0.05, 0) is 18.7 Å². The summed E-state index contributed by atoms with van der Waals surface area (Å²) in [6, 6.07) is 1.65. The van der Waals surface area contributed by atoms with Crippen molar-refractivity contribution in [1.82, 2.24) is 9.88 Å². The van der Waals surface area contributed by atoms with E-state index in [1.165, 1.54) is 7.11 Å². The van der Waals surface area contributed by atoms with Gasteiger partial charge in [-0.1, -0.05) is 0 Å². The van der Waals surface area contributed by atoms with E-state index in [1.807, 2.05) is 7.05 Å². The molecular formula is C10H12N2O3. The highest BCUT2D eigenvalue weighted by Crippen LogP contribution is 2.25. The fraction of sp³-hybridized carbons (Fsp3) is 0.400. The van der Waals surface area contributed by atoms with Gasteiger partial charge in [-0.25, -0.2) is 9.78 Å². The topological polar surface area (TPSA) is 62.7 Å². The van der Waals surface area contributed by atoms with E-state index in [2.05, 4.69) is 14.6 Å². The number of aromatic hydroxyl groups is 1. The van der Waals surface area contributed by atoms with Crippen LogP contribution < -0.4 is 0 Å². The normalized spacial score (nSPS) is 15.1. The van der Waals surface area contributed by atoms with Crippen LogP contribution in [-0.4, -0.2) is 35.1 Å². The number of fused-ring (bicyclic) bond motifs is 1. The van der Waals surface area contributed by atoms with Gasteiger partial charge in [0.25, 0.3) is 0 Å². The zero-order chi connectivity index (χ0) is 11.0. The lowest BCUT2D eigenvalue weighted by molar-refractivity contribution is 0.0596. The van der Waals surface area contributed by atoms with Crippen LogP contribution in [0.3, 0.4) is 0 Å². The van der Waals surface area contributed by atoms with Gasteiger partial charge in [0.05, 0.1) is 12.8 Å². The van der Waals surface area contributed by atoms with Gasteiger partial charge >= 0.3 is 5.97 Å². The fourth-order valence-corrected chi connectivity index (χ4v) is 1.72. The van der Waals surface area contributed by atoms with Gasteiger partial charge in [-0.2, -0.15) is 0 Å². The molecule has 0 radical (unpaired) electrons. The number of carbonyl (C=O) groups is 1. The Kier molecular flexibility index (Phi) is 2.32. The summed E-state index contributed by atoms with van der Waals surface area (Å²) in [5.41, 5.74) is 1.92. The number of esters is 1. The van der Waals surface area contributed by atoms with Crippen molar-refractivity contribution < 1.29 is 14.6 Å². The van der Waals surface area contributed by atoms with Crippen LogP contribution in [0.4, 0.5) is 0 Å². The summed E-state index contributed by atoms with van der Waals surface area (Å²) in [6.07, 6.45) is 0. The zero-order valence-electron chi connectivity index (χ0n) is 8.65. The first-order chi connectivity index (χ1) is 7.11. The number of aromatic nitrogens is 1. The molecule has 0 fully saturated rings. The van der Waals surface area contributed by atoms with E-state index in [1.54, 1.807) is 6.07 Å². The minimum atomic E-state index is -0.558. The third kappa shape index (κ3) is 1.66. The number of rotatable bonds is 1. The van der Waals surface area contributed by atoms with Crippen molar-refractivity contribution in [3.8, 4) is 5.88 Å². The molecule has 0 spiro atoms. The van der Waals surface area contributed by atoms with Gasteiger partial charge in [0, 0.05) is 13.1 Å². The Hall–Kier alpha value is -1.62. The van der Waals surface area contributed by atoms with Gasteiger partial charge < -0.3 is 9.84 Å². The van der Waals surface area contributed by atoms with E-state index in [4.69, 9.17) is 0 Å². The van der Waals surface area contributed by atoms with E-state index in [0.717, 1.165) is 17.8 Å². The third-order valence-corrected chi connectivity index (χ3v) is 2.44. The van der Waals surface area contributed by atoms with Crippen molar-refractivity contribution >= 4 is 5.97 Å². The van der Waals surface area contributed by atoms with E-state index in [9.17, 15) is 9.90 Å². The molecule has 0 unspecified atom stereocenters. The molecule has 0 aliphatic carbocycles. The van der Waals surface area contributed by atoms with Crippen LogP contribution in [0.5, 0.6) is 5.88 Å². The minimum absolute atomic E-state index is 0.131. The smallest absolute Gasteiger partial charge is 0.343 e. The number of carbonyl (C=O) groups excluding carboxylic acids is 1. The highest BCUT2D eigenvalue weighted by atomic mass is 16.5. The highest BCUT2D eigenvalue weighted by Gasteiger charge is 2.22. The van der Waals surface area contributed by atoms with Crippen LogP contribution in [0.15, 0.2) is 6.07 Å². The molecule has 0 saturated carbocycles. The molecule has 1 aromatic heterocycles. The van der Waals surface area contributed by atoms with Crippen molar-refractivity contribution in [3.63, 3.8) is 0 Å². The van der Waals surface area contributed by atoms with Crippen LogP contribution >= 0.6 is 0 Å². The average molecular weight is 208 g/mol. The molecule has 1 N–H and O–H groups in total. The first kappa shape index (κ1) is 9.92. The van der Waals surface area contributed by atoms with Crippen molar-refractivity contribution in [3.05, 3.63) is 22.9 Å². The molecule has 2 heterocycles. The van der Waals surface area contributed by atoms with Gasteiger partial charge in [0.15, 0.2) is 0 Å². The summed E-state index contributed by atoms with van der Waals surface area (Å²) in [5, 5.41) is 9.53. The molecule has 2 rings (SSSR count). The molecule has 1 aliphatic heterocycles. The van der Waals surface area contributed by atoms with E-state index in [0.29, 0.717) is 6.54 Å². The Morgan fingerprint density at radius 3 is 3.00 bits per heavy atom. The monoisotopic (exact) mass is 208 g/mol. The molecule has 0 bridgehead atoms. The molecule has 80 valence electrons. The molecule has 5 nitrogen and oxygen atoms in total. The second-order valence-electron chi connectivity index (χ2n) is 3.63. The molecule has 0 saturated heterocycles. The SMILES string of the molecule is COC(=O)c1cc2c(nc1O)CN(C)C2. The summed E-state index contributed by atoms with van der Waals surface area (Å²) in [5.74, 6) is -0.812. The summed E-state index contributed by atoms with van der Waals surface area (Å²) in [4.78, 5) is 17.3. The lowest BCUT2D eigenvalue weighted by Crippen LogP contribution is -2.07. The van der Waals surface area contributed by atoms with Crippen molar-refractivity contribution in [1.29, 1.82) is 0 Å². The first-order valence-electron chi connectivity index (χ1n) is 4.60. The third-order valence-electron chi connectivity index (χ3n) is 2.44. The summed E-state index contributed by atoms with van der Waals surface area (Å²) in [6.45, 7) is 1.44. The van der Waals surface area contributed by atoms with Gasteiger partial charge in [-0.15, -0.1) is 0 Å². The first-order valence-corrected chi connectivity index (χ1v) is 4.60. The predicted molar refractivity (Wildman–Crippen MR) is 52.4 cm³/mol. The van der Waals surface area contributed by atoms with Crippen molar-refractivity contribution in [2.24, 2.45) is 0 Å². The largest absolute Gasteiger partial charge is 0.493 e. The lowest BCUT2D eigenvalue weighted by atomic mass is 10.1. The van der Waals surface area contributed by atoms with Crippen LogP contribution in [0.2, 0.25) is 0 Å². The molecule has 5 heteroatoms. The lowest BCUT2D eigenvalue weighted by Gasteiger charge is -2.04. The van der Waals surface area contributed by atoms with Crippen LogP contribution in [0.1, 0.15) is 21.6 Å². The van der Waals surface area contributed by atoms with Crippen molar-refractivity contribution in [2.45, 2.75) is 13.1 Å². The fourth-order valence-electron chi connectivity index (χ4n) is 1.72. The number of ether oxygens (including phenoxy) is 1. The molecule has 1 aliphatic rings. The quantitative estimate of drug-likeness (QED) is 0.682. The number of methoxy groups -OCH3 is 1. The summed E-state index contributed by atoms with van der Waals surface area (Å²) in [7, 11) is 3.23. The Morgan fingerprint density at radius 1 is 1.60 bits per heavy atom. The van der Waals surface area contributed by atoms with Crippen molar-refractivity contribution in [2.75, 3.05) is 14.2 Å². The Balaban J connectivity index is 2.44. The Bertz CT molecular complexity index is 417. The molecule has 1 aromatic rings. The maximum Gasteiger partial charge on any atom is 0.343 e. The van der Waals surface area contributed by atoms with Gasteiger partial charge in [0.2, 0.25) is 5.88 Å². The highest BCUT2D eigenvalue weighted by molar-refractivity contribution is 5.91. The molecule has 15 heavy (non-hydrogen) atoms. The average Bonchev–Trinajstić information content (AvgIpc) is 2.55. The van der Waals surface area contributed by atoms with Gasteiger partial charge in [0.1, 0.15) is 5.56 Å². The number of hydrogen-bond donors (Lipinski definition) is 1. The van der Waals surface area contributed by atoms with Crippen LogP contribution in [-0.2, 0) is 17.8 Å². The standard InChI is InChI=1S/C10H12N2O3/c1-12-4-6-3-7(10(14)15-2)9(13)11-8(6)5-12/h3H,4-5H2,1-2H3,(H,11,13). The predicted octanol–water partition coefficient (Wildman–Crippen LogP) is 0.519. The maximum atomic E-state index is 11.3. The molecule has 0 aromatic carbocycles. The van der Waals surface area contributed by atoms with Crippen LogP contribution in [0.25, 0.3) is 0 Å². The Morgan fingerprint density at radius 2 is 2.33 bits per heavy atom. The molecule has 0 amide bonds. The number of nitrogens with zero attached hydrogens (tertiary/aromatic N) is 2. The minimum Gasteiger partial charge on any atom is -0.493 e. The molecular weight excluding hydrogens is 196 g/mol. The summed E-state index contributed by atoms with van der Waals surface area (Å²) < 4.78 is 4.55. The van der Waals surface area contributed by atoms with E-state index in [-0.39, 0.29) is 11.4 Å². The summed E-state index contributed by atoms with van der Waals surface area (Å²) >= 11 is 0. The molecule has 0 atom stereocenters. The zero-order valence-corrected chi connectivity index (χ0v) is 8.65. The second kappa shape index (κ2) is 3.51. The maximum absolute atomic E-state index is 11.3. The number of pyridine rings is 1.